The van der Waals surface area contributed by atoms with E-state index in [0.717, 1.165) is 24.1 Å². The van der Waals surface area contributed by atoms with Crippen molar-refractivity contribution in [1.29, 1.82) is 0 Å². The van der Waals surface area contributed by atoms with Gasteiger partial charge in [0.1, 0.15) is 17.5 Å². The van der Waals surface area contributed by atoms with Crippen molar-refractivity contribution >= 4 is 17.5 Å². The van der Waals surface area contributed by atoms with Crippen molar-refractivity contribution in [1.82, 2.24) is 9.97 Å². The van der Waals surface area contributed by atoms with E-state index in [0.29, 0.717) is 6.54 Å². The zero-order valence-corrected chi connectivity index (χ0v) is 14.7. The van der Waals surface area contributed by atoms with Crippen LogP contribution in [0, 0.1) is 18.6 Å². The molecule has 0 radical (unpaired) electrons. The number of rotatable bonds is 6. The molecule has 3 aromatic rings. The second-order valence-electron chi connectivity index (χ2n) is 5.94. The maximum atomic E-state index is 13.9. The van der Waals surface area contributed by atoms with Gasteiger partial charge in [-0.3, -0.25) is 0 Å². The number of halogens is 2. The van der Waals surface area contributed by atoms with E-state index in [-0.39, 0.29) is 11.6 Å². The van der Waals surface area contributed by atoms with Gasteiger partial charge in [-0.05, 0) is 31.5 Å². The van der Waals surface area contributed by atoms with Crippen LogP contribution in [0.3, 0.4) is 0 Å². The van der Waals surface area contributed by atoms with E-state index >= 15 is 0 Å². The maximum absolute atomic E-state index is 13.9. The second kappa shape index (κ2) is 7.91. The molecule has 0 saturated carbocycles. The van der Waals surface area contributed by atoms with Crippen molar-refractivity contribution in [3.8, 4) is 0 Å². The Morgan fingerprint density at radius 2 is 1.77 bits per heavy atom. The molecule has 2 aromatic carbocycles. The van der Waals surface area contributed by atoms with Crippen molar-refractivity contribution in [3.63, 3.8) is 0 Å². The number of aromatic nitrogens is 2. The summed E-state index contributed by atoms with van der Waals surface area (Å²) < 4.78 is 26.9. The minimum Gasteiger partial charge on any atom is -0.352 e. The van der Waals surface area contributed by atoms with Gasteiger partial charge in [0.15, 0.2) is 0 Å². The van der Waals surface area contributed by atoms with E-state index in [1.54, 1.807) is 0 Å². The van der Waals surface area contributed by atoms with Gasteiger partial charge in [-0.2, -0.15) is 4.98 Å². The molecule has 0 atom stereocenters. The highest BCUT2D eigenvalue weighted by molar-refractivity contribution is 5.56. The highest BCUT2D eigenvalue weighted by atomic mass is 19.1. The average Bonchev–Trinajstić information content (AvgIpc) is 2.62. The number of anilines is 3. The molecular formula is C20H20F2N4. The molecule has 0 spiro atoms. The van der Waals surface area contributed by atoms with Gasteiger partial charge in [-0.1, -0.05) is 30.3 Å². The number of hydrogen-bond donors (Lipinski definition) is 1. The first-order chi connectivity index (χ1) is 12.5. The van der Waals surface area contributed by atoms with E-state index in [1.165, 1.54) is 17.7 Å². The van der Waals surface area contributed by atoms with Gasteiger partial charge in [0.25, 0.3) is 0 Å². The van der Waals surface area contributed by atoms with E-state index in [2.05, 4.69) is 32.3 Å². The Kier molecular flexibility index (Phi) is 5.41. The van der Waals surface area contributed by atoms with E-state index in [9.17, 15) is 8.78 Å². The summed E-state index contributed by atoms with van der Waals surface area (Å²) in [5.41, 5.74) is 2.06. The van der Waals surface area contributed by atoms with Crippen LogP contribution in [0.1, 0.15) is 18.2 Å². The zero-order valence-electron chi connectivity index (χ0n) is 14.7. The molecule has 3 rings (SSSR count). The van der Waals surface area contributed by atoms with Gasteiger partial charge >= 0.3 is 0 Å². The average molecular weight is 354 g/mol. The molecule has 0 aliphatic rings. The first-order valence-electron chi connectivity index (χ1n) is 8.42. The van der Waals surface area contributed by atoms with Crippen LogP contribution in [0.5, 0.6) is 0 Å². The third-order valence-corrected chi connectivity index (χ3v) is 3.94. The Morgan fingerprint density at radius 1 is 1.00 bits per heavy atom. The molecular weight excluding hydrogens is 334 g/mol. The predicted molar refractivity (Wildman–Crippen MR) is 99.6 cm³/mol. The summed E-state index contributed by atoms with van der Waals surface area (Å²) in [6, 6.07) is 15.3. The fourth-order valence-electron chi connectivity index (χ4n) is 2.64. The lowest BCUT2D eigenvalue weighted by atomic mass is 10.2. The molecule has 6 heteroatoms. The molecule has 1 heterocycles. The normalized spacial score (nSPS) is 10.6. The second-order valence-corrected chi connectivity index (χ2v) is 5.94. The molecule has 0 aliphatic heterocycles. The molecule has 134 valence electrons. The molecule has 0 fully saturated rings. The number of hydrogen-bond acceptors (Lipinski definition) is 4. The lowest BCUT2D eigenvalue weighted by molar-refractivity contribution is 0.586. The lowest BCUT2D eigenvalue weighted by Gasteiger charge is -2.23. The van der Waals surface area contributed by atoms with Gasteiger partial charge in [0.05, 0.1) is 5.69 Å². The molecule has 0 aliphatic carbocycles. The standard InChI is InChI=1S/C20H20F2N4/c1-3-26(13-15-7-5-4-6-8-15)19-11-14(2)23-20(25-19)24-18-10-9-16(21)12-17(18)22/h4-12H,3,13H2,1-2H3,(H,23,24,25). The molecule has 0 bridgehead atoms. The number of aryl methyl sites for hydroxylation is 1. The fraction of sp³-hybridized carbons (Fsp3) is 0.200. The Balaban J connectivity index is 1.86. The van der Waals surface area contributed by atoms with Crippen LogP contribution in [-0.4, -0.2) is 16.5 Å². The van der Waals surface area contributed by atoms with Crippen LogP contribution in [0.2, 0.25) is 0 Å². The summed E-state index contributed by atoms with van der Waals surface area (Å²) >= 11 is 0. The third kappa shape index (κ3) is 4.33. The van der Waals surface area contributed by atoms with Gasteiger partial charge in [-0.15, -0.1) is 0 Å². The summed E-state index contributed by atoms with van der Waals surface area (Å²) in [5.74, 6) is -0.293. The molecule has 1 N–H and O–H groups in total. The van der Waals surface area contributed by atoms with Gasteiger partial charge in [-0.25, -0.2) is 13.8 Å². The Bertz CT molecular complexity index is 884. The Morgan fingerprint density at radius 3 is 2.46 bits per heavy atom. The van der Waals surface area contributed by atoms with Crippen LogP contribution in [0.4, 0.5) is 26.2 Å². The van der Waals surface area contributed by atoms with Crippen molar-refractivity contribution in [2.75, 3.05) is 16.8 Å². The molecule has 0 saturated heterocycles. The van der Waals surface area contributed by atoms with Crippen LogP contribution < -0.4 is 10.2 Å². The van der Waals surface area contributed by atoms with E-state index < -0.39 is 11.6 Å². The smallest absolute Gasteiger partial charge is 0.229 e. The summed E-state index contributed by atoms with van der Waals surface area (Å²) in [7, 11) is 0. The van der Waals surface area contributed by atoms with Crippen molar-refractivity contribution in [2.45, 2.75) is 20.4 Å². The van der Waals surface area contributed by atoms with E-state index in [1.807, 2.05) is 38.1 Å². The fourth-order valence-corrected chi connectivity index (χ4v) is 2.64. The summed E-state index contributed by atoms with van der Waals surface area (Å²) in [6.07, 6.45) is 0. The van der Waals surface area contributed by atoms with Crippen LogP contribution in [-0.2, 0) is 6.54 Å². The zero-order chi connectivity index (χ0) is 18.5. The van der Waals surface area contributed by atoms with Crippen molar-refractivity contribution in [3.05, 3.63) is 77.5 Å². The summed E-state index contributed by atoms with van der Waals surface area (Å²) in [4.78, 5) is 10.9. The van der Waals surface area contributed by atoms with Gasteiger partial charge in [0.2, 0.25) is 5.95 Å². The SMILES string of the molecule is CCN(Cc1ccccc1)c1cc(C)nc(Nc2ccc(F)cc2F)n1. The number of nitrogens with zero attached hydrogens (tertiary/aromatic N) is 3. The molecule has 0 unspecified atom stereocenters. The first kappa shape index (κ1) is 17.8. The Labute approximate surface area is 151 Å². The highest BCUT2D eigenvalue weighted by Crippen LogP contribution is 2.22. The number of nitrogens with one attached hydrogen (secondary N) is 1. The topological polar surface area (TPSA) is 41.1 Å². The van der Waals surface area contributed by atoms with E-state index in [4.69, 9.17) is 0 Å². The predicted octanol–water partition coefficient (Wildman–Crippen LogP) is 4.83. The van der Waals surface area contributed by atoms with Gasteiger partial charge < -0.3 is 10.2 Å². The minimum atomic E-state index is -0.687. The quantitative estimate of drug-likeness (QED) is 0.688. The largest absolute Gasteiger partial charge is 0.352 e. The monoisotopic (exact) mass is 354 g/mol. The molecule has 1 aromatic heterocycles. The highest BCUT2D eigenvalue weighted by Gasteiger charge is 2.12. The maximum Gasteiger partial charge on any atom is 0.229 e. The summed E-state index contributed by atoms with van der Waals surface area (Å²) in [6.45, 7) is 5.37. The third-order valence-electron chi connectivity index (χ3n) is 3.94. The minimum absolute atomic E-state index is 0.133. The Hall–Kier alpha value is -3.02. The first-order valence-corrected chi connectivity index (χ1v) is 8.42. The molecule has 4 nitrogen and oxygen atoms in total. The van der Waals surface area contributed by atoms with Crippen molar-refractivity contribution < 1.29 is 8.78 Å². The van der Waals surface area contributed by atoms with Gasteiger partial charge in [0, 0.05) is 30.9 Å². The van der Waals surface area contributed by atoms with Crippen LogP contribution in [0.25, 0.3) is 0 Å². The lowest BCUT2D eigenvalue weighted by Crippen LogP contribution is -2.23. The van der Waals surface area contributed by atoms with Crippen LogP contribution in [0.15, 0.2) is 54.6 Å². The van der Waals surface area contributed by atoms with Crippen molar-refractivity contribution in [2.24, 2.45) is 0 Å². The molecule has 0 amide bonds. The summed E-state index contributed by atoms with van der Waals surface area (Å²) in [5, 5.41) is 2.83. The van der Waals surface area contributed by atoms with Crippen LogP contribution >= 0.6 is 0 Å². The molecule has 26 heavy (non-hydrogen) atoms. The number of benzene rings is 2.